The number of aromatic nitrogens is 1. The molecule has 1 aliphatic carbocycles. The second-order valence-corrected chi connectivity index (χ2v) is 7.08. The van der Waals surface area contributed by atoms with Crippen LogP contribution in [-0.2, 0) is 10.0 Å². The highest BCUT2D eigenvalue weighted by Crippen LogP contribution is 2.24. The molecule has 7 heteroatoms. The number of hydrazine groups is 1. The van der Waals surface area contributed by atoms with Crippen LogP contribution in [-0.4, -0.2) is 19.4 Å². The molecule has 0 bridgehead atoms. The third-order valence-corrected chi connectivity index (χ3v) is 5.35. The Morgan fingerprint density at radius 3 is 2.80 bits per heavy atom. The molecule has 2 rings (SSSR count). The van der Waals surface area contributed by atoms with Gasteiger partial charge in [0.15, 0.2) is 0 Å². The lowest BCUT2D eigenvalue weighted by molar-refractivity contribution is 0.399. The molecule has 0 amide bonds. The van der Waals surface area contributed by atoms with E-state index >= 15 is 0 Å². The molecule has 1 heterocycles. The van der Waals surface area contributed by atoms with Gasteiger partial charge in [0.2, 0.25) is 10.0 Å². The summed E-state index contributed by atoms with van der Waals surface area (Å²) in [7, 11) is -3.53. The van der Waals surface area contributed by atoms with E-state index in [0.717, 1.165) is 19.3 Å². The van der Waals surface area contributed by atoms with Gasteiger partial charge in [0, 0.05) is 18.3 Å². The van der Waals surface area contributed by atoms with Crippen molar-refractivity contribution in [3.63, 3.8) is 0 Å². The van der Waals surface area contributed by atoms with E-state index in [1.807, 2.05) is 0 Å². The molecule has 1 aliphatic rings. The third-order valence-electron chi connectivity index (χ3n) is 3.86. The van der Waals surface area contributed by atoms with Crippen molar-refractivity contribution in [3.8, 4) is 0 Å². The summed E-state index contributed by atoms with van der Waals surface area (Å²) in [6, 6.07) is 2.92. The fourth-order valence-corrected chi connectivity index (χ4v) is 3.98. The Kier molecular flexibility index (Phi) is 4.95. The van der Waals surface area contributed by atoms with Crippen LogP contribution in [0.1, 0.15) is 39.0 Å². The van der Waals surface area contributed by atoms with Gasteiger partial charge >= 0.3 is 0 Å². The summed E-state index contributed by atoms with van der Waals surface area (Å²) < 4.78 is 27.7. The molecule has 2 unspecified atom stereocenters. The van der Waals surface area contributed by atoms with Crippen molar-refractivity contribution >= 4 is 15.8 Å². The molecule has 0 aliphatic heterocycles. The van der Waals surface area contributed by atoms with Gasteiger partial charge in [0.25, 0.3) is 0 Å². The fourth-order valence-electron chi connectivity index (χ4n) is 2.59. The molecule has 1 fully saturated rings. The van der Waals surface area contributed by atoms with Crippen LogP contribution >= 0.6 is 0 Å². The van der Waals surface area contributed by atoms with Gasteiger partial charge in [0.05, 0.1) is 4.90 Å². The summed E-state index contributed by atoms with van der Waals surface area (Å²) >= 11 is 0. The number of pyridine rings is 1. The van der Waals surface area contributed by atoms with Gasteiger partial charge in [-0.15, -0.1) is 0 Å². The molecule has 6 nitrogen and oxygen atoms in total. The van der Waals surface area contributed by atoms with Crippen LogP contribution in [0.3, 0.4) is 0 Å². The minimum atomic E-state index is -3.53. The van der Waals surface area contributed by atoms with Crippen LogP contribution in [0, 0.1) is 5.92 Å². The number of sulfonamides is 1. The Bertz CT molecular complexity index is 547. The van der Waals surface area contributed by atoms with Crippen LogP contribution in [0.25, 0.3) is 0 Å². The maximum Gasteiger partial charge on any atom is 0.241 e. The highest BCUT2D eigenvalue weighted by atomic mass is 32.2. The summed E-state index contributed by atoms with van der Waals surface area (Å²) in [5, 5.41) is 0. The lowest BCUT2D eigenvalue weighted by atomic mass is 9.98. The normalized spacial score (nSPS) is 24.1. The largest absolute Gasteiger partial charge is 0.308 e. The summed E-state index contributed by atoms with van der Waals surface area (Å²) in [5.74, 6) is 5.96. The smallest absolute Gasteiger partial charge is 0.241 e. The number of nitrogens with zero attached hydrogens (tertiary/aromatic N) is 1. The summed E-state index contributed by atoms with van der Waals surface area (Å²) in [5.41, 5.74) is 2.36. The lowest BCUT2D eigenvalue weighted by Gasteiger charge is -2.22. The molecule has 1 aromatic rings. The highest BCUT2D eigenvalue weighted by Gasteiger charge is 2.25. The van der Waals surface area contributed by atoms with E-state index in [9.17, 15) is 8.42 Å². The van der Waals surface area contributed by atoms with Crippen molar-refractivity contribution in [1.29, 1.82) is 0 Å². The fraction of sp³-hybridized carbons (Fsp3) is 0.615. The maximum absolute atomic E-state index is 12.4. The lowest BCUT2D eigenvalue weighted by Crippen LogP contribution is -2.38. The highest BCUT2D eigenvalue weighted by molar-refractivity contribution is 7.89. The first kappa shape index (κ1) is 15.2. The Morgan fingerprint density at radius 1 is 1.30 bits per heavy atom. The Balaban J connectivity index is 2.17. The zero-order chi connectivity index (χ0) is 14.6. The van der Waals surface area contributed by atoms with Crippen molar-refractivity contribution in [2.75, 3.05) is 5.43 Å². The number of anilines is 1. The number of rotatable bonds is 4. The van der Waals surface area contributed by atoms with E-state index < -0.39 is 10.0 Å². The monoisotopic (exact) mass is 298 g/mol. The van der Waals surface area contributed by atoms with Crippen LogP contribution < -0.4 is 16.0 Å². The molecule has 2 atom stereocenters. The predicted octanol–water partition coefficient (Wildman–Crippen LogP) is 1.61. The van der Waals surface area contributed by atoms with Crippen LogP contribution in [0.2, 0.25) is 0 Å². The van der Waals surface area contributed by atoms with E-state index in [4.69, 9.17) is 5.84 Å². The molecular formula is C13H22N4O2S. The van der Waals surface area contributed by atoms with Gasteiger partial charge in [-0.3, -0.25) is 0 Å². The quantitative estimate of drug-likeness (QED) is 0.446. The van der Waals surface area contributed by atoms with E-state index in [-0.39, 0.29) is 10.9 Å². The van der Waals surface area contributed by atoms with Gasteiger partial charge in [0.1, 0.15) is 5.82 Å². The van der Waals surface area contributed by atoms with E-state index in [0.29, 0.717) is 11.7 Å². The Morgan fingerprint density at radius 2 is 2.05 bits per heavy atom. The molecule has 0 radical (unpaired) electrons. The number of nitrogen functional groups attached to an aromatic ring is 1. The first-order valence-electron chi connectivity index (χ1n) is 6.98. The summed E-state index contributed by atoms with van der Waals surface area (Å²) in [6.45, 7) is 2.11. The van der Waals surface area contributed by atoms with Crippen molar-refractivity contribution in [1.82, 2.24) is 9.71 Å². The second-order valence-electron chi connectivity index (χ2n) is 5.36. The van der Waals surface area contributed by atoms with Crippen LogP contribution in [0.4, 0.5) is 5.82 Å². The van der Waals surface area contributed by atoms with Gasteiger partial charge in [-0.1, -0.05) is 26.2 Å². The van der Waals surface area contributed by atoms with Crippen LogP contribution in [0.5, 0.6) is 0 Å². The minimum Gasteiger partial charge on any atom is -0.308 e. The number of hydrogen-bond donors (Lipinski definition) is 3. The minimum absolute atomic E-state index is 0.00458. The molecule has 0 saturated heterocycles. The van der Waals surface area contributed by atoms with Crippen molar-refractivity contribution in [2.24, 2.45) is 11.8 Å². The Hall–Kier alpha value is -1.18. The Labute approximate surface area is 120 Å². The van der Waals surface area contributed by atoms with Crippen LogP contribution in [0.15, 0.2) is 23.2 Å². The maximum atomic E-state index is 12.4. The average molecular weight is 298 g/mol. The summed E-state index contributed by atoms with van der Waals surface area (Å²) in [6.07, 6.45) is 6.82. The molecule has 0 aromatic carbocycles. The van der Waals surface area contributed by atoms with Gasteiger partial charge < -0.3 is 5.43 Å². The first-order valence-corrected chi connectivity index (χ1v) is 8.46. The van der Waals surface area contributed by atoms with E-state index in [1.165, 1.54) is 31.2 Å². The van der Waals surface area contributed by atoms with Gasteiger partial charge in [-0.25, -0.2) is 24.0 Å². The second kappa shape index (κ2) is 6.51. The van der Waals surface area contributed by atoms with Crippen molar-refractivity contribution < 1.29 is 8.42 Å². The third kappa shape index (κ3) is 3.68. The topological polar surface area (TPSA) is 97.1 Å². The van der Waals surface area contributed by atoms with Gasteiger partial charge in [-0.05, 0) is 24.8 Å². The van der Waals surface area contributed by atoms with Crippen molar-refractivity contribution in [2.45, 2.75) is 50.0 Å². The average Bonchev–Trinajstić information content (AvgIpc) is 2.64. The molecule has 0 spiro atoms. The SMILES string of the molecule is CC1CCCCCC1NS(=O)(=O)c1ccnc(NN)c1. The predicted molar refractivity (Wildman–Crippen MR) is 78.4 cm³/mol. The molecule has 112 valence electrons. The standard InChI is InChI=1S/C13H22N4O2S/c1-10-5-3-2-4-6-12(10)17-20(18,19)11-7-8-15-13(9-11)16-14/h7-10,12,17H,2-6,14H2,1H3,(H,15,16). The van der Waals surface area contributed by atoms with E-state index in [2.05, 4.69) is 22.1 Å². The molecule has 4 N–H and O–H groups in total. The molecule has 20 heavy (non-hydrogen) atoms. The van der Waals surface area contributed by atoms with Gasteiger partial charge in [-0.2, -0.15) is 0 Å². The van der Waals surface area contributed by atoms with E-state index in [1.54, 1.807) is 0 Å². The number of nitrogens with two attached hydrogens (primary N) is 1. The first-order chi connectivity index (χ1) is 9.53. The molecule has 1 aromatic heterocycles. The van der Waals surface area contributed by atoms with Crippen molar-refractivity contribution in [3.05, 3.63) is 18.3 Å². The molecular weight excluding hydrogens is 276 g/mol. The number of nitrogens with one attached hydrogen (secondary N) is 2. The number of hydrogen-bond acceptors (Lipinski definition) is 5. The summed E-state index contributed by atoms with van der Waals surface area (Å²) in [4.78, 5) is 4.11. The zero-order valence-electron chi connectivity index (χ0n) is 11.7. The molecule has 1 saturated carbocycles. The zero-order valence-corrected chi connectivity index (χ0v) is 12.5.